The minimum absolute atomic E-state index is 0.0255. The zero-order valence-corrected chi connectivity index (χ0v) is 18.2. The molecule has 1 saturated heterocycles. The highest BCUT2D eigenvalue weighted by Crippen LogP contribution is 2.44. The fraction of sp³-hybridized carbons (Fsp3) is 0.400. The molecule has 2 N–H and O–H groups in total. The Bertz CT molecular complexity index is 1050. The summed E-state index contributed by atoms with van der Waals surface area (Å²) in [6.45, 7) is 0.603. The molecule has 172 valence electrons. The molecule has 2 aromatic rings. The predicted molar refractivity (Wildman–Crippen MR) is 119 cm³/mol. The van der Waals surface area contributed by atoms with Gasteiger partial charge in [0.2, 0.25) is 5.91 Å². The molecule has 2 aromatic carbocycles. The van der Waals surface area contributed by atoms with Crippen LogP contribution in [0.25, 0.3) is 11.1 Å². The fourth-order valence-corrected chi connectivity index (χ4v) is 5.04. The van der Waals surface area contributed by atoms with Crippen LogP contribution in [0.1, 0.15) is 36.3 Å². The number of benzene rings is 2. The molecule has 33 heavy (non-hydrogen) atoms. The maximum absolute atomic E-state index is 13.2. The Balaban J connectivity index is 1.25. The number of alkyl carbamates (subject to hydrolysis) is 1. The lowest BCUT2D eigenvalue weighted by Gasteiger charge is -2.45. The number of carboxylic acid groups (broad SMARTS) is 1. The smallest absolute Gasteiger partial charge is 0.408 e. The Morgan fingerprint density at radius 1 is 1.06 bits per heavy atom. The number of carbonyl (C=O) groups is 3. The molecule has 1 saturated carbocycles. The zero-order valence-electron chi connectivity index (χ0n) is 18.2. The number of nitrogens with zero attached hydrogens (tertiary/aromatic N) is 1. The van der Waals surface area contributed by atoms with Crippen molar-refractivity contribution in [2.45, 2.75) is 36.8 Å². The summed E-state index contributed by atoms with van der Waals surface area (Å²) in [4.78, 5) is 38.7. The average molecular weight is 450 g/mol. The van der Waals surface area contributed by atoms with Crippen LogP contribution < -0.4 is 5.32 Å². The first kappa shape index (κ1) is 21.5. The highest BCUT2D eigenvalue weighted by Gasteiger charge is 2.49. The van der Waals surface area contributed by atoms with Crippen molar-refractivity contribution in [3.05, 3.63) is 59.7 Å². The highest BCUT2D eigenvalue weighted by molar-refractivity contribution is 5.91. The number of hydrogen-bond donors (Lipinski definition) is 2. The van der Waals surface area contributed by atoms with E-state index in [-0.39, 0.29) is 31.6 Å². The Kier molecular flexibility index (Phi) is 5.54. The Labute approximate surface area is 191 Å². The monoisotopic (exact) mass is 450 g/mol. The van der Waals surface area contributed by atoms with Crippen LogP contribution in [0.5, 0.6) is 0 Å². The largest absolute Gasteiger partial charge is 0.479 e. The maximum atomic E-state index is 13.2. The van der Waals surface area contributed by atoms with Gasteiger partial charge in [-0.15, -0.1) is 0 Å². The van der Waals surface area contributed by atoms with Crippen LogP contribution in [-0.4, -0.2) is 65.9 Å². The van der Waals surface area contributed by atoms with Gasteiger partial charge in [-0.1, -0.05) is 48.5 Å². The van der Waals surface area contributed by atoms with E-state index in [1.807, 2.05) is 24.3 Å². The average Bonchev–Trinajstić information content (AvgIpc) is 3.13. The van der Waals surface area contributed by atoms with Gasteiger partial charge in [-0.3, -0.25) is 4.79 Å². The van der Waals surface area contributed by atoms with Crippen molar-refractivity contribution in [1.82, 2.24) is 10.2 Å². The van der Waals surface area contributed by atoms with E-state index < -0.39 is 23.7 Å². The summed E-state index contributed by atoms with van der Waals surface area (Å²) >= 11 is 0. The standard InChI is InChI=1S/C25H26N2O6/c28-22(29)21-14-27(12-13-32-21)23(30)25(10-5-11-25)26-24(31)33-15-20-18-8-3-1-6-16(18)17-7-2-4-9-19(17)20/h1-4,6-9,20-21H,5,10-15H2,(H,26,31)(H,28,29). The second-order valence-corrected chi connectivity index (χ2v) is 8.84. The van der Waals surface area contributed by atoms with Gasteiger partial charge in [0, 0.05) is 12.5 Å². The van der Waals surface area contributed by atoms with E-state index in [1.165, 1.54) is 4.90 Å². The van der Waals surface area contributed by atoms with Gasteiger partial charge in [0.1, 0.15) is 12.1 Å². The molecule has 5 rings (SSSR count). The summed E-state index contributed by atoms with van der Waals surface area (Å²) in [6.07, 6.45) is 0.139. The zero-order chi connectivity index (χ0) is 23.0. The molecule has 1 heterocycles. The molecule has 0 radical (unpaired) electrons. The fourth-order valence-electron chi connectivity index (χ4n) is 5.04. The van der Waals surface area contributed by atoms with Crippen molar-refractivity contribution in [1.29, 1.82) is 0 Å². The summed E-state index contributed by atoms with van der Waals surface area (Å²) in [5.41, 5.74) is 3.49. The number of fused-ring (bicyclic) bond motifs is 3. The van der Waals surface area contributed by atoms with Crippen LogP contribution in [0.15, 0.2) is 48.5 Å². The first-order chi connectivity index (χ1) is 16.0. The number of rotatable bonds is 5. The lowest BCUT2D eigenvalue weighted by Crippen LogP contribution is -2.65. The number of carboxylic acids is 1. The van der Waals surface area contributed by atoms with Gasteiger partial charge in [0.05, 0.1) is 13.2 Å². The molecular formula is C25H26N2O6. The number of nitrogens with one attached hydrogen (secondary N) is 1. The molecule has 2 amide bonds. The second kappa shape index (κ2) is 8.51. The van der Waals surface area contributed by atoms with Gasteiger partial charge in [-0.25, -0.2) is 9.59 Å². The second-order valence-electron chi connectivity index (χ2n) is 8.84. The van der Waals surface area contributed by atoms with E-state index in [0.717, 1.165) is 28.7 Å². The molecular weight excluding hydrogens is 424 g/mol. The molecule has 0 bridgehead atoms. The Hall–Kier alpha value is -3.39. The topological polar surface area (TPSA) is 105 Å². The van der Waals surface area contributed by atoms with E-state index in [9.17, 15) is 19.5 Å². The first-order valence-electron chi connectivity index (χ1n) is 11.3. The van der Waals surface area contributed by atoms with Crippen LogP contribution in [0.2, 0.25) is 0 Å². The minimum atomic E-state index is -1.10. The van der Waals surface area contributed by atoms with Crippen LogP contribution in [0.4, 0.5) is 4.79 Å². The molecule has 2 fully saturated rings. The molecule has 1 atom stereocenters. The van der Waals surface area contributed by atoms with Gasteiger partial charge in [-0.2, -0.15) is 0 Å². The Morgan fingerprint density at radius 2 is 1.70 bits per heavy atom. The van der Waals surface area contributed by atoms with E-state index in [4.69, 9.17) is 9.47 Å². The summed E-state index contributed by atoms with van der Waals surface area (Å²) in [5.74, 6) is -1.43. The third-order valence-electron chi connectivity index (χ3n) is 6.93. The quantitative estimate of drug-likeness (QED) is 0.726. The number of morpholine rings is 1. The summed E-state index contributed by atoms with van der Waals surface area (Å²) in [7, 11) is 0. The van der Waals surface area contributed by atoms with Gasteiger partial charge in [0.25, 0.3) is 0 Å². The van der Waals surface area contributed by atoms with Gasteiger partial charge in [0.15, 0.2) is 6.10 Å². The summed E-state index contributed by atoms with van der Waals surface area (Å²) < 4.78 is 10.8. The normalized spacial score (nSPS) is 20.8. The van der Waals surface area contributed by atoms with E-state index in [2.05, 4.69) is 29.6 Å². The first-order valence-corrected chi connectivity index (χ1v) is 11.3. The third-order valence-corrected chi connectivity index (χ3v) is 6.93. The molecule has 1 unspecified atom stereocenters. The van der Waals surface area contributed by atoms with Crippen molar-refractivity contribution in [3.8, 4) is 11.1 Å². The van der Waals surface area contributed by atoms with E-state index in [0.29, 0.717) is 19.4 Å². The minimum Gasteiger partial charge on any atom is -0.479 e. The number of amides is 2. The Morgan fingerprint density at radius 3 is 2.27 bits per heavy atom. The predicted octanol–water partition coefficient (Wildman–Crippen LogP) is 2.76. The molecule has 8 heteroatoms. The SMILES string of the molecule is O=C(NC1(C(=O)N2CCOC(C(=O)O)C2)CCC1)OCC1c2ccccc2-c2ccccc21. The number of ether oxygens (including phenoxy) is 2. The number of carbonyl (C=O) groups excluding carboxylic acids is 2. The van der Waals surface area contributed by atoms with Crippen molar-refractivity contribution in [3.63, 3.8) is 0 Å². The highest BCUT2D eigenvalue weighted by atomic mass is 16.5. The van der Waals surface area contributed by atoms with Crippen LogP contribution in [0, 0.1) is 0 Å². The molecule has 0 spiro atoms. The van der Waals surface area contributed by atoms with E-state index in [1.54, 1.807) is 0 Å². The van der Waals surface area contributed by atoms with Crippen molar-refractivity contribution in [2.75, 3.05) is 26.3 Å². The van der Waals surface area contributed by atoms with Crippen LogP contribution >= 0.6 is 0 Å². The van der Waals surface area contributed by atoms with Gasteiger partial charge in [-0.05, 0) is 41.5 Å². The van der Waals surface area contributed by atoms with Gasteiger partial charge >= 0.3 is 12.1 Å². The van der Waals surface area contributed by atoms with E-state index >= 15 is 0 Å². The lowest BCUT2D eigenvalue weighted by atomic mass is 9.75. The van der Waals surface area contributed by atoms with Crippen molar-refractivity contribution < 1.29 is 29.0 Å². The van der Waals surface area contributed by atoms with Gasteiger partial charge < -0.3 is 24.8 Å². The number of hydrogen-bond acceptors (Lipinski definition) is 5. The molecule has 0 aromatic heterocycles. The molecule has 2 aliphatic carbocycles. The summed E-state index contributed by atoms with van der Waals surface area (Å²) in [5, 5.41) is 12.0. The number of aliphatic carboxylic acids is 1. The lowest BCUT2D eigenvalue weighted by molar-refractivity contribution is -0.162. The molecule has 3 aliphatic rings. The van der Waals surface area contributed by atoms with Crippen molar-refractivity contribution >= 4 is 18.0 Å². The van der Waals surface area contributed by atoms with Crippen molar-refractivity contribution in [2.24, 2.45) is 0 Å². The third kappa shape index (κ3) is 3.84. The summed E-state index contributed by atoms with van der Waals surface area (Å²) in [6, 6.07) is 16.2. The maximum Gasteiger partial charge on any atom is 0.408 e. The van der Waals surface area contributed by atoms with Crippen LogP contribution in [0.3, 0.4) is 0 Å². The molecule has 8 nitrogen and oxygen atoms in total. The molecule has 1 aliphatic heterocycles. The van der Waals surface area contributed by atoms with Crippen LogP contribution in [-0.2, 0) is 19.1 Å².